The maximum absolute atomic E-state index is 5.72. The van der Waals surface area contributed by atoms with E-state index in [1.54, 1.807) is 18.0 Å². The first-order valence-electron chi connectivity index (χ1n) is 4.88. The van der Waals surface area contributed by atoms with E-state index in [1.807, 2.05) is 24.7 Å². The normalized spacial score (nSPS) is 10.7. The van der Waals surface area contributed by atoms with Crippen molar-refractivity contribution in [1.82, 2.24) is 19.7 Å². The monoisotopic (exact) mass is 235 g/mol. The van der Waals surface area contributed by atoms with E-state index < -0.39 is 0 Å². The first-order chi connectivity index (χ1) is 7.72. The molecule has 0 saturated heterocycles. The minimum absolute atomic E-state index is 0.493. The van der Waals surface area contributed by atoms with Gasteiger partial charge in [0.1, 0.15) is 16.4 Å². The van der Waals surface area contributed by atoms with Crippen molar-refractivity contribution in [2.45, 2.75) is 23.5 Å². The molecule has 0 fully saturated rings. The van der Waals surface area contributed by atoms with Crippen LogP contribution in [0.1, 0.15) is 11.3 Å². The quantitative estimate of drug-likeness (QED) is 0.808. The number of aryl methyl sites for hydroxylation is 2. The Balaban J connectivity index is 2.34. The Kier molecular flexibility index (Phi) is 3.21. The van der Waals surface area contributed by atoms with Gasteiger partial charge in [-0.05, 0) is 24.8 Å². The molecular formula is C10H13N5S. The molecule has 0 saturated carbocycles. The zero-order chi connectivity index (χ0) is 11.5. The maximum atomic E-state index is 5.72. The highest BCUT2D eigenvalue weighted by atomic mass is 32.2. The summed E-state index contributed by atoms with van der Waals surface area (Å²) in [6.45, 7) is 2.46. The molecule has 6 heteroatoms. The van der Waals surface area contributed by atoms with E-state index in [9.17, 15) is 0 Å². The van der Waals surface area contributed by atoms with Gasteiger partial charge in [0.15, 0.2) is 0 Å². The van der Waals surface area contributed by atoms with Crippen LogP contribution in [0.5, 0.6) is 0 Å². The van der Waals surface area contributed by atoms with Crippen molar-refractivity contribution < 1.29 is 0 Å². The fourth-order valence-electron chi connectivity index (χ4n) is 1.48. The first kappa shape index (κ1) is 11.1. The molecule has 84 valence electrons. The van der Waals surface area contributed by atoms with E-state index in [2.05, 4.69) is 15.1 Å². The third kappa shape index (κ3) is 2.07. The lowest BCUT2D eigenvalue weighted by molar-refractivity contribution is 0.688. The summed E-state index contributed by atoms with van der Waals surface area (Å²) in [5.41, 5.74) is 7.77. The van der Waals surface area contributed by atoms with Crippen LogP contribution in [-0.2, 0) is 13.6 Å². The third-order valence-corrected chi connectivity index (χ3v) is 3.40. The molecule has 2 heterocycles. The number of nitrogens with zero attached hydrogens (tertiary/aromatic N) is 4. The van der Waals surface area contributed by atoms with Gasteiger partial charge in [-0.2, -0.15) is 5.10 Å². The van der Waals surface area contributed by atoms with Crippen molar-refractivity contribution in [3.63, 3.8) is 0 Å². The van der Waals surface area contributed by atoms with Crippen LogP contribution in [0, 0.1) is 6.92 Å². The van der Waals surface area contributed by atoms with Gasteiger partial charge < -0.3 is 5.73 Å². The molecule has 0 aromatic carbocycles. The molecule has 0 aliphatic carbocycles. The van der Waals surface area contributed by atoms with Crippen LogP contribution in [0.4, 0.5) is 0 Å². The van der Waals surface area contributed by atoms with Gasteiger partial charge >= 0.3 is 0 Å². The number of aromatic nitrogens is 4. The van der Waals surface area contributed by atoms with Gasteiger partial charge in [0.05, 0.1) is 5.69 Å². The lowest BCUT2D eigenvalue weighted by Gasteiger charge is -2.03. The number of hydrogen-bond acceptors (Lipinski definition) is 5. The first-order valence-corrected chi connectivity index (χ1v) is 5.70. The summed E-state index contributed by atoms with van der Waals surface area (Å²) in [5.74, 6) is 0. The molecule has 0 radical (unpaired) electrons. The van der Waals surface area contributed by atoms with E-state index in [0.29, 0.717) is 6.54 Å². The lowest BCUT2D eigenvalue weighted by Crippen LogP contribution is -2.00. The molecule has 0 atom stereocenters. The van der Waals surface area contributed by atoms with Gasteiger partial charge in [-0.3, -0.25) is 4.68 Å². The molecule has 2 aromatic heterocycles. The highest BCUT2D eigenvalue weighted by Crippen LogP contribution is 2.29. The molecule has 2 rings (SSSR count). The highest BCUT2D eigenvalue weighted by Gasteiger charge is 2.13. The van der Waals surface area contributed by atoms with Gasteiger partial charge in [0.2, 0.25) is 0 Å². The van der Waals surface area contributed by atoms with Crippen molar-refractivity contribution in [2.24, 2.45) is 12.8 Å². The number of nitrogens with two attached hydrogens (primary N) is 1. The standard InChI is InChI=1S/C10H13N5S/c1-7-8(5-11)10(15(2)14-7)16-9-3-4-12-6-13-9/h3-4,6H,5,11H2,1-2H3. The average molecular weight is 235 g/mol. The van der Waals surface area contributed by atoms with E-state index in [4.69, 9.17) is 5.73 Å². The van der Waals surface area contributed by atoms with Crippen LogP contribution in [0.3, 0.4) is 0 Å². The van der Waals surface area contributed by atoms with Crippen molar-refractivity contribution in [3.8, 4) is 0 Å². The van der Waals surface area contributed by atoms with Gasteiger partial charge in [-0.1, -0.05) is 0 Å². The highest BCUT2D eigenvalue weighted by molar-refractivity contribution is 7.99. The zero-order valence-corrected chi connectivity index (χ0v) is 10.0. The van der Waals surface area contributed by atoms with Crippen LogP contribution in [0.2, 0.25) is 0 Å². The molecule has 0 bridgehead atoms. The molecule has 5 nitrogen and oxygen atoms in total. The van der Waals surface area contributed by atoms with Gasteiger partial charge in [-0.25, -0.2) is 9.97 Å². The van der Waals surface area contributed by atoms with Gasteiger partial charge in [0.25, 0.3) is 0 Å². The Morgan fingerprint density at radius 2 is 2.31 bits per heavy atom. The van der Waals surface area contributed by atoms with Crippen molar-refractivity contribution >= 4 is 11.8 Å². The molecule has 16 heavy (non-hydrogen) atoms. The molecule has 0 amide bonds. The van der Waals surface area contributed by atoms with E-state index in [1.165, 1.54) is 6.33 Å². The molecule has 0 spiro atoms. The van der Waals surface area contributed by atoms with Crippen LogP contribution in [-0.4, -0.2) is 19.7 Å². The van der Waals surface area contributed by atoms with Crippen LogP contribution in [0.15, 0.2) is 28.6 Å². The predicted octanol–water partition coefficient (Wildman–Crippen LogP) is 1.13. The Morgan fingerprint density at radius 1 is 1.50 bits per heavy atom. The second-order valence-corrected chi connectivity index (χ2v) is 4.36. The molecule has 2 N–H and O–H groups in total. The second kappa shape index (κ2) is 4.63. The minimum atomic E-state index is 0.493. The summed E-state index contributed by atoms with van der Waals surface area (Å²) in [6.07, 6.45) is 3.26. The SMILES string of the molecule is Cc1nn(C)c(Sc2ccncn2)c1CN. The van der Waals surface area contributed by atoms with Gasteiger partial charge in [0, 0.05) is 25.4 Å². The van der Waals surface area contributed by atoms with Crippen molar-refractivity contribution in [1.29, 1.82) is 0 Å². The summed E-state index contributed by atoms with van der Waals surface area (Å²) >= 11 is 1.56. The topological polar surface area (TPSA) is 69.6 Å². The zero-order valence-electron chi connectivity index (χ0n) is 9.21. The largest absolute Gasteiger partial charge is 0.326 e. The summed E-state index contributed by atoms with van der Waals surface area (Å²) in [4.78, 5) is 8.06. The lowest BCUT2D eigenvalue weighted by atomic mass is 10.3. The summed E-state index contributed by atoms with van der Waals surface area (Å²) < 4.78 is 1.84. The number of hydrogen-bond donors (Lipinski definition) is 1. The average Bonchev–Trinajstić information content (AvgIpc) is 2.55. The minimum Gasteiger partial charge on any atom is -0.326 e. The summed E-state index contributed by atoms with van der Waals surface area (Å²) in [5, 5.41) is 6.29. The second-order valence-electron chi connectivity index (χ2n) is 3.35. The molecule has 2 aromatic rings. The number of rotatable bonds is 3. The molecular weight excluding hydrogens is 222 g/mol. The smallest absolute Gasteiger partial charge is 0.116 e. The van der Waals surface area contributed by atoms with E-state index in [-0.39, 0.29) is 0 Å². The van der Waals surface area contributed by atoms with Crippen LogP contribution in [0.25, 0.3) is 0 Å². The Labute approximate surface area is 98.1 Å². The van der Waals surface area contributed by atoms with Crippen LogP contribution < -0.4 is 5.73 Å². The Hall–Kier alpha value is -1.40. The van der Waals surface area contributed by atoms with E-state index >= 15 is 0 Å². The predicted molar refractivity (Wildman–Crippen MR) is 62.0 cm³/mol. The van der Waals surface area contributed by atoms with Crippen molar-refractivity contribution in [2.75, 3.05) is 0 Å². The fraction of sp³-hybridized carbons (Fsp3) is 0.300. The third-order valence-electron chi connectivity index (χ3n) is 2.25. The Morgan fingerprint density at radius 3 is 2.94 bits per heavy atom. The molecule has 0 aliphatic heterocycles. The Bertz CT molecular complexity index is 479. The molecule has 0 aliphatic rings. The van der Waals surface area contributed by atoms with Crippen LogP contribution >= 0.6 is 11.8 Å². The van der Waals surface area contributed by atoms with E-state index in [0.717, 1.165) is 21.3 Å². The van der Waals surface area contributed by atoms with Crippen molar-refractivity contribution in [3.05, 3.63) is 29.8 Å². The summed E-state index contributed by atoms with van der Waals surface area (Å²) in [6, 6.07) is 1.87. The molecule has 0 unspecified atom stereocenters. The summed E-state index contributed by atoms with van der Waals surface area (Å²) in [7, 11) is 1.91. The fourth-order valence-corrected chi connectivity index (χ4v) is 2.44. The van der Waals surface area contributed by atoms with Gasteiger partial charge in [-0.15, -0.1) is 0 Å². The maximum Gasteiger partial charge on any atom is 0.116 e.